The zero-order chi connectivity index (χ0) is 17.6. The normalized spacial score (nSPS) is 27.9. The van der Waals surface area contributed by atoms with E-state index in [1.165, 1.54) is 10.9 Å². The highest BCUT2D eigenvalue weighted by atomic mass is 79.9. The van der Waals surface area contributed by atoms with E-state index in [0.717, 1.165) is 0 Å². The Morgan fingerprint density at radius 3 is 2.75 bits per heavy atom. The number of hydrogen-bond donors (Lipinski definition) is 5. The van der Waals surface area contributed by atoms with Gasteiger partial charge >= 0.3 is 7.82 Å². The second kappa shape index (κ2) is 6.28. The fraction of sp³-hybridized carbons (Fsp3) is 0.500. The van der Waals surface area contributed by atoms with Crippen LogP contribution in [0.25, 0.3) is 11.2 Å². The molecular weight excluding hydrogens is 413 g/mol. The summed E-state index contributed by atoms with van der Waals surface area (Å²) in [6, 6.07) is 0. The lowest BCUT2D eigenvalue weighted by Crippen LogP contribution is -2.33. The van der Waals surface area contributed by atoms with E-state index in [4.69, 9.17) is 20.3 Å². The quantitative estimate of drug-likeness (QED) is 0.295. The zero-order valence-electron chi connectivity index (χ0n) is 11.8. The van der Waals surface area contributed by atoms with Crippen LogP contribution in [0.1, 0.15) is 6.23 Å². The van der Waals surface area contributed by atoms with Crippen LogP contribution in [0, 0.1) is 0 Å². The summed E-state index contributed by atoms with van der Waals surface area (Å²) in [4.78, 5) is 29.4. The fourth-order valence-corrected chi connectivity index (χ4v) is 3.26. The number of hydrogen-bond acceptors (Lipinski definition) is 9. The maximum atomic E-state index is 10.8. The number of aromatic nitrogens is 4. The topological polar surface area (TPSA) is 186 Å². The summed E-state index contributed by atoms with van der Waals surface area (Å²) in [7, 11) is -4.74. The summed E-state index contributed by atoms with van der Waals surface area (Å²) in [5, 5.41) is 20.2. The van der Waals surface area contributed by atoms with Gasteiger partial charge in [-0.05, 0) is 15.9 Å². The van der Waals surface area contributed by atoms with E-state index < -0.39 is 39.0 Å². The summed E-state index contributed by atoms with van der Waals surface area (Å²) in [5.74, 6) is 0.119. The van der Waals surface area contributed by atoms with Gasteiger partial charge in [0.1, 0.15) is 24.6 Å². The summed E-state index contributed by atoms with van der Waals surface area (Å²) < 4.78 is 22.1. The largest absolute Gasteiger partial charge is 0.469 e. The Morgan fingerprint density at radius 1 is 1.38 bits per heavy atom. The third-order valence-corrected chi connectivity index (χ3v) is 4.51. The molecule has 0 aromatic carbocycles. The van der Waals surface area contributed by atoms with Crippen LogP contribution in [0.2, 0.25) is 0 Å². The third kappa shape index (κ3) is 3.17. The lowest BCUT2D eigenvalue weighted by molar-refractivity contribution is -0.0514. The first kappa shape index (κ1) is 17.6. The number of imidazole rings is 1. The molecule has 0 amide bonds. The Kier molecular flexibility index (Phi) is 4.61. The number of anilines is 1. The van der Waals surface area contributed by atoms with Crippen molar-refractivity contribution in [3.63, 3.8) is 0 Å². The molecule has 3 rings (SSSR count). The van der Waals surface area contributed by atoms with Crippen molar-refractivity contribution in [3.05, 3.63) is 11.1 Å². The predicted molar refractivity (Wildman–Crippen MR) is 81.4 cm³/mol. The van der Waals surface area contributed by atoms with Crippen molar-refractivity contribution in [1.29, 1.82) is 0 Å². The number of nitrogens with zero attached hydrogens (tertiary/aromatic N) is 4. The van der Waals surface area contributed by atoms with Gasteiger partial charge in [0.2, 0.25) is 0 Å². The third-order valence-electron chi connectivity index (χ3n) is 3.46. The molecule has 14 heteroatoms. The van der Waals surface area contributed by atoms with Crippen molar-refractivity contribution in [3.8, 4) is 0 Å². The highest BCUT2D eigenvalue weighted by molar-refractivity contribution is 9.10. The lowest BCUT2D eigenvalue weighted by Gasteiger charge is -2.17. The average Bonchev–Trinajstić information content (AvgIpc) is 2.96. The zero-order valence-corrected chi connectivity index (χ0v) is 14.3. The van der Waals surface area contributed by atoms with Gasteiger partial charge in [0.25, 0.3) is 0 Å². The molecule has 6 N–H and O–H groups in total. The second-order valence-corrected chi connectivity index (χ2v) is 6.96. The molecule has 1 saturated heterocycles. The first-order chi connectivity index (χ1) is 11.2. The number of ether oxygens (including phenoxy) is 1. The molecule has 132 valence electrons. The molecular formula is C10H13BrN5O7P. The van der Waals surface area contributed by atoms with Gasteiger partial charge in [-0.3, -0.25) is 9.09 Å². The smallest absolute Gasteiger partial charge is 0.387 e. The van der Waals surface area contributed by atoms with Gasteiger partial charge in [-0.1, -0.05) is 0 Å². The van der Waals surface area contributed by atoms with Crippen LogP contribution in [0.4, 0.5) is 5.82 Å². The molecule has 2 aromatic heterocycles. The van der Waals surface area contributed by atoms with Crippen molar-refractivity contribution < 1.29 is 33.8 Å². The number of phosphoric acid groups is 1. The van der Waals surface area contributed by atoms with Gasteiger partial charge in [-0.15, -0.1) is 0 Å². The standard InChI is InChI=1S/C10H13BrN5O7P/c11-10-15-4-7(12)13-2-14-8(4)16(10)9-6(18)5(17)3(23-9)1-22-24(19,20)21/h2-3,5-6,9,17-18H,1H2,(H2,12,13,14)(H2,19,20,21)/t3-,5-,6-,9-/m1/s1. The van der Waals surface area contributed by atoms with Crippen LogP contribution < -0.4 is 5.73 Å². The van der Waals surface area contributed by atoms with Gasteiger partial charge in [-0.25, -0.2) is 19.5 Å². The van der Waals surface area contributed by atoms with Gasteiger partial charge in [0.15, 0.2) is 27.9 Å². The minimum Gasteiger partial charge on any atom is -0.387 e. The molecule has 0 unspecified atom stereocenters. The van der Waals surface area contributed by atoms with Crippen LogP contribution in [-0.4, -0.2) is 64.4 Å². The van der Waals surface area contributed by atoms with E-state index in [1.807, 2.05) is 0 Å². The lowest BCUT2D eigenvalue weighted by atomic mass is 10.1. The average molecular weight is 426 g/mol. The van der Waals surface area contributed by atoms with Gasteiger partial charge < -0.3 is 30.5 Å². The number of rotatable bonds is 4. The Morgan fingerprint density at radius 2 is 2.08 bits per heavy atom. The summed E-state index contributed by atoms with van der Waals surface area (Å²) in [6.07, 6.45) is -3.94. The van der Waals surface area contributed by atoms with Crippen molar-refractivity contribution >= 4 is 40.7 Å². The van der Waals surface area contributed by atoms with Gasteiger partial charge in [0, 0.05) is 0 Å². The van der Waals surface area contributed by atoms with Crippen LogP contribution in [0.3, 0.4) is 0 Å². The second-order valence-electron chi connectivity index (χ2n) is 5.01. The van der Waals surface area contributed by atoms with E-state index in [9.17, 15) is 14.8 Å². The number of fused-ring (bicyclic) bond motifs is 1. The van der Waals surface area contributed by atoms with Crippen LogP contribution in [-0.2, 0) is 13.8 Å². The van der Waals surface area contributed by atoms with Crippen molar-refractivity contribution in [2.24, 2.45) is 0 Å². The van der Waals surface area contributed by atoms with Crippen molar-refractivity contribution in [2.45, 2.75) is 24.5 Å². The highest BCUT2D eigenvalue weighted by Gasteiger charge is 2.45. The Balaban J connectivity index is 1.92. The van der Waals surface area contributed by atoms with Crippen LogP contribution in [0.15, 0.2) is 11.1 Å². The first-order valence-corrected chi connectivity index (χ1v) is 8.87. The van der Waals surface area contributed by atoms with E-state index in [0.29, 0.717) is 0 Å². The SMILES string of the molecule is Nc1ncnc2c1nc(Br)n2[C@@H]1O[C@H](COP(=O)(O)O)[C@@H](O)[C@H]1O. The molecule has 0 bridgehead atoms. The molecule has 12 nitrogen and oxygen atoms in total. The van der Waals surface area contributed by atoms with Crippen LogP contribution >= 0.6 is 23.8 Å². The number of aliphatic hydroxyl groups excluding tert-OH is 2. The fourth-order valence-electron chi connectivity index (χ4n) is 2.38. The molecule has 1 aliphatic heterocycles. The maximum absolute atomic E-state index is 10.8. The summed E-state index contributed by atoms with van der Waals surface area (Å²) in [6.45, 7) is -0.611. The van der Waals surface area contributed by atoms with Crippen molar-refractivity contribution in [2.75, 3.05) is 12.3 Å². The number of halogens is 1. The predicted octanol–water partition coefficient (Wildman–Crippen LogP) is -1.10. The van der Waals surface area contributed by atoms with E-state index in [2.05, 4.69) is 35.4 Å². The number of phosphoric ester groups is 1. The minimum atomic E-state index is -4.74. The molecule has 24 heavy (non-hydrogen) atoms. The van der Waals surface area contributed by atoms with E-state index >= 15 is 0 Å². The van der Waals surface area contributed by atoms with Gasteiger partial charge in [-0.2, -0.15) is 0 Å². The van der Waals surface area contributed by atoms with Crippen LogP contribution in [0.5, 0.6) is 0 Å². The number of nitrogens with two attached hydrogens (primary N) is 1. The highest BCUT2D eigenvalue weighted by Crippen LogP contribution is 2.39. The molecule has 0 spiro atoms. The summed E-state index contributed by atoms with van der Waals surface area (Å²) in [5.41, 5.74) is 6.23. The molecule has 0 aliphatic carbocycles. The minimum absolute atomic E-state index is 0.119. The van der Waals surface area contributed by atoms with Crippen molar-refractivity contribution in [1.82, 2.24) is 19.5 Å². The van der Waals surface area contributed by atoms with E-state index in [-0.39, 0.29) is 21.7 Å². The number of nitrogen functional groups attached to an aromatic ring is 1. The molecule has 0 radical (unpaired) electrons. The summed E-state index contributed by atoms with van der Waals surface area (Å²) >= 11 is 3.19. The molecule has 4 atom stereocenters. The maximum Gasteiger partial charge on any atom is 0.469 e. The molecule has 1 aliphatic rings. The monoisotopic (exact) mass is 425 g/mol. The molecule has 2 aromatic rings. The Labute approximate surface area is 142 Å². The van der Waals surface area contributed by atoms with E-state index in [1.54, 1.807) is 0 Å². The Hall–Kier alpha value is -1.18. The first-order valence-electron chi connectivity index (χ1n) is 6.54. The Bertz CT molecular complexity index is 812. The molecule has 3 heterocycles. The molecule has 1 fully saturated rings. The number of aliphatic hydroxyl groups is 2. The van der Waals surface area contributed by atoms with Gasteiger partial charge in [0.05, 0.1) is 6.61 Å². The molecule has 0 saturated carbocycles.